The van der Waals surface area contributed by atoms with Gasteiger partial charge in [-0.15, -0.1) is 11.3 Å². The summed E-state index contributed by atoms with van der Waals surface area (Å²) in [6.07, 6.45) is 1.89. The van der Waals surface area contributed by atoms with Crippen molar-refractivity contribution in [2.45, 2.75) is 0 Å². The Morgan fingerprint density at radius 3 is 2.95 bits per heavy atom. The number of aromatic nitrogens is 4. The van der Waals surface area contributed by atoms with Crippen LogP contribution in [0.25, 0.3) is 27.5 Å². The number of thiazole rings is 1. The van der Waals surface area contributed by atoms with Crippen molar-refractivity contribution >= 4 is 38.8 Å². The molecule has 0 aliphatic carbocycles. The molecule has 0 atom stereocenters. The van der Waals surface area contributed by atoms with Crippen molar-refractivity contribution in [1.82, 2.24) is 18.9 Å². The normalized spacial score (nSPS) is 11.6. The van der Waals surface area contributed by atoms with E-state index in [4.69, 9.17) is 0 Å². The van der Waals surface area contributed by atoms with Crippen LogP contribution in [-0.4, -0.2) is 18.9 Å². The predicted molar refractivity (Wildman–Crippen MR) is 76.9 cm³/mol. The number of hydrogen-bond acceptors (Lipinski definition) is 5. The third kappa shape index (κ3) is 1.42. The van der Waals surface area contributed by atoms with Gasteiger partial charge in [-0.2, -0.15) is 16.3 Å². The fraction of sp³-hybridized carbons (Fsp3) is 0.0833. The number of imidazole rings is 1. The molecule has 0 aliphatic heterocycles. The molecule has 4 heterocycles. The Hall–Kier alpha value is -1.99. The van der Waals surface area contributed by atoms with Gasteiger partial charge in [0.15, 0.2) is 16.1 Å². The lowest BCUT2D eigenvalue weighted by molar-refractivity contribution is 0.951. The summed E-state index contributed by atoms with van der Waals surface area (Å²) < 4.78 is 3.67. The first kappa shape index (κ1) is 10.9. The second kappa shape index (κ2) is 3.75. The molecule has 0 N–H and O–H groups in total. The lowest BCUT2D eigenvalue weighted by Crippen LogP contribution is -2.11. The van der Waals surface area contributed by atoms with Crippen LogP contribution in [0.4, 0.5) is 0 Å². The third-order valence-corrected chi connectivity index (χ3v) is 4.51. The molecule has 0 aliphatic rings. The van der Waals surface area contributed by atoms with Crippen molar-refractivity contribution in [3.05, 3.63) is 38.8 Å². The monoisotopic (exact) mass is 288 g/mol. The van der Waals surface area contributed by atoms with Crippen molar-refractivity contribution in [3.63, 3.8) is 0 Å². The van der Waals surface area contributed by atoms with Gasteiger partial charge in [-0.05, 0) is 11.4 Å². The Morgan fingerprint density at radius 1 is 1.26 bits per heavy atom. The van der Waals surface area contributed by atoms with Gasteiger partial charge in [0.1, 0.15) is 5.82 Å². The average molecular weight is 288 g/mol. The van der Waals surface area contributed by atoms with Gasteiger partial charge in [0.2, 0.25) is 0 Å². The van der Waals surface area contributed by atoms with Crippen molar-refractivity contribution in [1.29, 1.82) is 0 Å². The van der Waals surface area contributed by atoms with Crippen molar-refractivity contribution in [2.24, 2.45) is 7.05 Å². The van der Waals surface area contributed by atoms with Crippen LogP contribution in [0.3, 0.4) is 0 Å². The van der Waals surface area contributed by atoms with Crippen LogP contribution >= 0.6 is 22.7 Å². The van der Waals surface area contributed by atoms with E-state index < -0.39 is 0 Å². The second-order valence-electron chi connectivity index (χ2n) is 4.15. The quantitative estimate of drug-likeness (QED) is 0.540. The molecule has 7 heteroatoms. The highest BCUT2D eigenvalue weighted by molar-refractivity contribution is 7.15. The third-order valence-electron chi connectivity index (χ3n) is 3.07. The number of thiophene rings is 1. The lowest BCUT2D eigenvalue weighted by Gasteiger charge is -1.98. The number of fused-ring (bicyclic) bond motifs is 3. The van der Waals surface area contributed by atoms with Crippen molar-refractivity contribution in [3.8, 4) is 11.4 Å². The molecular formula is C12H8N4OS2. The zero-order valence-corrected chi connectivity index (χ0v) is 11.5. The van der Waals surface area contributed by atoms with E-state index in [0.29, 0.717) is 16.1 Å². The minimum Gasteiger partial charge on any atom is -0.321 e. The summed E-state index contributed by atoms with van der Waals surface area (Å²) in [5, 5.41) is 5.92. The molecule has 0 aromatic carbocycles. The minimum absolute atomic E-state index is 0.228. The van der Waals surface area contributed by atoms with E-state index in [1.54, 1.807) is 11.3 Å². The Morgan fingerprint density at radius 2 is 2.16 bits per heavy atom. The zero-order valence-electron chi connectivity index (χ0n) is 9.90. The molecule has 0 radical (unpaired) electrons. The van der Waals surface area contributed by atoms with E-state index in [1.165, 1.54) is 11.3 Å². The van der Waals surface area contributed by atoms with E-state index in [0.717, 1.165) is 11.4 Å². The largest absolute Gasteiger partial charge is 0.321 e. The molecule has 4 aromatic heterocycles. The van der Waals surface area contributed by atoms with E-state index in [-0.39, 0.29) is 5.56 Å². The van der Waals surface area contributed by atoms with Crippen molar-refractivity contribution < 1.29 is 0 Å². The number of hydrogen-bond donors (Lipinski definition) is 0. The minimum atomic E-state index is -0.228. The van der Waals surface area contributed by atoms with Gasteiger partial charge in [0.25, 0.3) is 5.56 Å². The summed E-state index contributed by atoms with van der Waals surface area (Å²) in [6, 6.07) is 2.00. The molecule has 4 rings (SSSR count). The molecule has 0 amide bonds. The summed E-state index contributed by atoms with van der Waals surface area (Å²) in [4.78, 5) is 21.5. The van der Waals surface area contributed by atoms with E-state index in [2.05, 4.69) is 9.97 Å². The summed E-state index contributed by atoms with van der Waals surface area (Å²) in [7, 11) is 1.85. The Kier molecular flexibility index (Phi) is 2.15. The molecule has 0 saturated carbocycles. The molecule has 0 spiro atoms. The van der Waals surface area contributed by atoms with E-state index >= 15 is 0 Å². The molecule has 94 valence electrons. The topological polar surface area (TPSA) is 52.2 Å². The first-order valence-electron chi connectivity index (χ1n) is 5.60. The maximum absolute atomic E-state index is 12.1. The zero-order chi connectivity index (χ0) is 13.0. The standard InChI is InChI=1S/C12H8N4OS2/c1-15-8-10(13-9(15)7-2-4-18-6-7)16-3-5-19-12(16)14-11(8)17/h2-6H,1H3. The summed E-state index contributed by atoms with van der Waals surface area (Å²) >= 11 is 3.04. The van der Waals surface area contributed by atoms with Crippen LogP contribution in [0.2, 0.25) is 0 Å². The van der Waals surface area contributed by atoms with Gasteiger partial charge in [-0.3, -0.25) is 9.20 Å². The van der Waals surface area contributed by atoms with Crippen molar-refractivity contribution in [2.75, 3.05) is 0 Å². The molecule has 0 unspecified atom stereocenters. The van der Waals surface area contributed by atoms with E-state index in [9.17, 15) is 4.79 Å². The highest BCUT2D eigenvalue weighted by Gasteiger charge is 2.16. The van der Waals surface area contributed by atoms with Crippen LogP contribution < -0.4 is 5.56 Å². The highest BCUT2D eigenvalue weighted by Crippen LogP contribution is 2.24. The second-order valence-corrected chi connectivity index (χ2v) is 5.80. The number of rotatable bonds is 1. The summed E-state index contributed by atoms with van der Waals surface area (Å²) in [5.74, 6) is 0.793. The van der Waals surface area contributed by atoms with Crippen LogP contribution in [0.1, 0.15) is 0 Å². The molecule has 5 nitrogen and oxygen atoms in total. The molecule has 19 heavy (non-hydrogen) atoms. The summed E-state index contributed by atoms with van der Waals surface area (Å²) in [5.41, 5.74) is 2.00. The predicted octanol–water partition coefficient (Wildman–Crippen LogP) is 2.37. The fourth-order valence-corrected chi connectivity index (χ4v) is 3.53. The van der Waals surface area contributed by atoms with Gasteiger partial charge in [-0.25, -0.2) is 4.98 Å². The molecule has 4 aromatic rings. The average Bonchev–Trinajstić information content (AvgIpc) is 3.07. The summed E-state index contributed by atoms with van der Waals surface area (Å²) in [6.45, 7) is 0. The van der Waals surface area contributed by atoms with Crippen LogP contribution in [0.5, 0.6) is 0 Å². The van der Waals surface area contributed by atoms with Crippen LogP contribution in [0.15, 0.2) is 33.2 Å². The Labute approximate surface area is 115 Å². The Balaban J connectivity index is 2.22. The lowest BCUT2D eigenvalue weighted by atomic mass is 10.3. The molecular weight excluding hydrogens is 280 g/mol. The van der Waals surface area contributed by atoms with Gasteiger partial charge in [-0.1, -0.05) is 0 Å². The first-order valence-corrected chi connectivity index (χ1v) is 7.43. The SMILES string of the molecule is Cn1c(-c2ccsc2)nc2c1c(=O)nc1sccn12. The fourth-order valence-electron chi connectivity index (χ4n) is 2.20. The van der Waals surface area contributed by atoms with Gasteiger partial charge in [0, 0.05) is 29.6 Å². The molecule has 0 bridgehead atoms. The van der Waals surface area contributed by atoms with Crippen LogP contribution in [0, 0.1) is 0 Å². The molecule has 0 fully saturated rings. The van der Waals surface area contributed by atoms with Gasteiger partial charge >= 0.3 is 0 Å². The van der Waals surface area contributed by atoms with Gasteiger partial charge in [0.05, 0.1) is 0 Å². The highest BCUT2D eigenvalue weighted by atomic mass is 32.1. The maximum Gasteiger partial charge on any atom is 0.300 e. The maximum atomic E-state index is 12.1. The number of nitrogens with zero attached hydrogens (tertiary/aromatic N) is 4. The van der Waals surface area contributed by atoms with Crippen LogP contribution in [-0.2, 0) is 7.05 Å². The Bertz CT molecular complexity index is 946. The smallest absolute Gasteiger partial charge is 0.300 e. The number of aryl methyl sites for hydroxylation is 1. The van der Waals surface area contributed by atoms with E-state index in [1.807, 2.05) is 44.4 Å². The van der Waals surface area contributed by atoms with Gasteiger partial charge < -0.3 is 4.57 Å². The first-order chi connectivity index (χ1) is 9.25. The molecule has 0 saturated heterocycles.